The number of rotatable bonds is 4. The van der Waals surface area contributed by atoms with Crippen LogP contribution in [0.5, 0.6) is 0 Å². The summed E-state index contributed by atoms with van der Waals surface area (Å²) in [6.45, 7) is 9.65. The highest BCUT2D eigenvalue weighted by molar-refractivity contribution is 5.89. The van der Waals surface area contributed by atoms with Crippen molar-refractivity contribution in [1.82, 2.24) is 9.80 Å². The summed E-state index contributed by atoms with van der Waals surface area (Å²) in [4.78, 5) is 29.4. The van der Waals surface area contributed by atoms with Gasteiger partial charge in [-0.2, -0.15) is 0 Å². The second-order valence-electron chi connectivity index (χ2n) is 8.98. The third-order valence-corrected chi connectivity index (χ3v) is 6.62. The highest BCUT2D eigenvalue weighted by atomic mass is 16.3. The van der Waals surface area contributed by atoms with E-state index >= 15 is 0 Å². The Morgan fingerprint density at radius 3 is 2.41 bits per heavy atom. The molecule has 29 heavy (non-hydrogen) atoms. The van der Waals surface area contributed by atoms with Crippen LogP contribution in [0.15, 0.2) is 22.8 Å². The lowest BCUT2D eigenvalue weighted by Gasteiger charge is -2.33. The van der Waals surface area contributed by atoms with E-state index in [0.717, 1.165) is 55.3 Å². The molecule has 156 valence electrons. The molecule has 4 rings (SSSR count). The molecule has 0 unspecified atom stereocenters. The highest BCUT2D eigenvalue weighted by Crippen LogP contribution is 2.30. The molecule has 1 aromatic heterocycles. The van der Waals surface area contributed by atoms with Crippen LogP contribution in [-0.2, 0) is 16.0 Å². The summed E-state index contributed by atoms with van der Waals surface area (Å²) >= 11 is 0. The van der Waals surface area contributed by atoms with E-state index in [2.05, 4.69) is 32.9 Å². The maximum Gasteiger partial charge on any atom is 0.227 e. The van der Waals surface area contributed by atoms with Gasteiger partial charge in [0.1, 0.15) is 5.58 Å². The van der Waals surface area contributed by atoms with Gasteiger partial charge in [-0.1, -0.05) is 13.8 Å². The fraction of sp³-hybridized carbons (Fsp3) is 0.583. The van der Waals surface area contributed by atoms with E-state index in [0.29, 0.717) is 31.3 Å². The van der Waals surface area contributed by atoms with Crippen molar-refractivity contribution < 1.29 is 14.0 Å². The number of aryl methyl sites for hydroxylation is 1. The van der Waals surface area contributed by atoms with E-state index in [4.69, 9.17) is 4.42 Å². The van der Waals surface area contributed by atoms with Gasteiger partial charge in [-0.3, -0.25) is 9.59 Å². The van der Waals surface area contributed by atoms with Gasteiger partial charge in [0.15, 0.2) is 0 Å². The Morgan fingerprint density at radius 1 is 1.07 bits per heavy atom. The molecule has 0 radical (unpaired) electrons. The summed E-state index contributed by atoms with van der Waals surface area (Å²) in [7, 11) is 0. The molecule has 0 aliphatic carbocycles. The second kappa shape index (κ2) is 8.21. The molecule has 2 aliphatic heterocycles. The van der Waals surface area contributed by atoms with Crippen LogP contribution in [0, 0.1) is 12.8 Å². The summed E-state index contributed by atoms with van der Waals surface area (Å²) < 4.78 is 5.74. The SMILES string of the molecule is Cc1cc2occ(CC(=O)N3CCC(C(=O)N4CCCC4)CC3)c2cc1C(C)C. The van der Waals surface area contributed by atoms with Gasteiger partial charge in [0.25, 0.3) is 0 Å². The number of benzene rings is 1. The van der Waals surface area contributed by atoms with Gasteiger partial charge in [-0.15, -0.1) is 0 Å². The van der Waals surface area contributed by atoms with Crippen LogP contribution < -0.4 is 0 Å². The summed E-state index contributed by atoms with van der Waals surface area (Å²) in [5.41, 5.74) is 4.34. The number of piperidine rings is 1. The fourth-order valence-corrected chi connectivity index (χ4v) is 4.85. The Labute approximate surface area is 173 Å². The third-order valence-electron chi connectivity index (χ3n) is 6.62. The molecule has 1 aromatic carbocycles. The smallest absolute Gasteiger partial charge is 0.227 e. The number of hydrogen-bond acceptors (Lipinski definition) is 3. The lowest BCUT2D eigenvalue weighted by molar-refractivity contribution is -0.139. The zero-order valence-electron chi connectivity index (χ0n) is 17.9. The number of fused-ring (bicyclic) bond motifs is 1. The number of nitrogens with zero attached hydrogens (tertiary/aromatic N) is 2. The average Bonchev–Trinajstić information content (AvgIpc) is 3.37. The first-order valence-electron chi connectivity index (χ1n) is 11.0. The fourth-order valence-electron chi connectivity index (χ4n) is 4.85. The van der Waals surface area contributed by atoms with Crippen LogP contribution >= 0.6 is 0 Å². The molecule has 0 spiro atoms. The first-order valence-corrected chi connectivity index (χ1v) is 11.0. The van der Waals surface area contributed by atoms with E-state index < -0.39 is 0 Å². The summed E-state index contributed by atoms with van der Waals surface area (Å²) in [6.07, 6.45) is 5.90. The summed E-state index contributed by atoms with van der Waals surface area (Å²) in [6, 6.07) is 4.26. The maximum absolute atomic E-state index is 12.9. The number of amides is 2. The second-order valence-corrected chi connectivity index (χ2v) is 8.98. The van der Waals surface area contributed by atoms with E-state index in [1.165, 1.54) is 11.1 Å². The van der Waals surface area contributed by atoms with Crippen molar-refractivity contribution in [2.24, 2.45) is 5.92 Å². The largest absolute Gasteiger partial charge is 0.464 e. The van der Waals surface area contributed by atoms with E-state index in [1.807, 2.05) is 9.80 Å². The van der Waals surface area contributed by atoms with Crippen molar-refractivity contribution in [3.05, 3.63) is 35.1 Å². The standard InChI is InChI=1S/C24H32N2O3/c1-16(2)20-14-21-19(15-29-22(21)12-17(20)3)13-23(27)25-10-6-18(7-11-25)24(28)26-8-4-5-9-26/h12,14-16,18H,4-11,13H2,1-3H3. The van der Waals surface area contributed by atoms with Crippen molar-refractivity contribution >= 4 is 22.8 Å². The molecule has 5 heteroatoms. The first kappa shape index (κ1) is 20.0. The number of furan rings is 1. The van der Waals surface area contributed by atoms with Crippen LogP contribution in [0.2, 0.25) is 0 Å². The average molecular weight is 397 g/mol. The molecule has 0 atom stereocenters. The molecule has 2 saturated heterocycles. The third kappa shape index (κ3) is 4.05. The van der Waals surface area contributed by atoms with Crippen LogP contribution in [0.25, 0.3) is 11.0 Å². The van der Waals surface area contributed by atoms with Crippen LogP contribution in [0.1, 0.15) is 62.1 Å². The van der Waals surface area contributed by atoms with Gasteiger partial charge in [-0.05, 0) is 61.8 Å². The normalized spacial score (nSPS) is 18.2. The van der Waals surface area contributed by atoms with Crippen LogP contribution in [0.4, 0.5) is 0 Å². The Morgan fingerprint density at radius 2 is 1.76 bits per heavy atom. The molecular weight excluding hydrogens is 364 g/mol. The van der Waals surface area contributed by atoms with Gasteiger partial charge in [-0.25, -0.2) is 0 Å². The minimum Gasteiger partial charge on any atom is -0.464 e. The Bertz CT molecular complexity index is 900. The topological polar surface area (TPSA) is 53.8 Å². The summed E-state index contributed by atoms with van der Waals surface area (Å²) in [5, 5.41) is 1.05. The van der Waals surface area contributed by atoms with Gasteiger partial charge in [0.2, 0.25) is 11.8 Å². The Balaban J connectivity index is 1.40. The number of carbonyl (C=O) groups is 2. The quantitative estimate of drug-likeness (QED) is 0.776. The summed E-state index contributed by atoms with van der Waals surface area (Å²) in [5.74, 6) is 0.951. The van der Waals surface area contributed by atoms with Crippen LogP contribution in [-0.4, -0.2) is 47.8 Å². The molecule has 3 heterocycles. The molecular formula is C24H32N2O3. The zero-order valence-corrected chi connectivity index (χ0v) is 17.9. The first-order chi connectivity index (χ1) is 13.9. The van der Waals surface area contributed by atoms with Gasteiger partial charge >= 0.3 is 0 Å². The van der Waals surface area contributed by atoms with Crippen molar-refractivity contribution in [2.75, 3.05) is 26.2 Å². The van der Waals surface area contributed by atoms with Crippen LogP contribution in [0.3, 0.4) is 0 Å². The lowest BCUT2D eigenvalue weighted by atomic mass is 9.94. The Kier molecular flexibility index (Phi) is 5.66. The van der Waals surface area contributed by atoms with Crippen molar-refractivity contribution in [3.8, 4) is 0 Å². The van der Waals surface area contributed by atoms with E-state index in [1.54, 1.807) is 6.26 Å². The predicted molar refractivity (Wildman–Crippen MR) is 114 cm³/mol. The van der Waals surface area contributed by atoms with Gasteiger partial charge in [0.05, 0.1) is 12.7 Å². The Hall–Kier alpha value is -2.30. The minimum atomic E-state index is 0.0866. The lowest BCUT2D eigenvalue weighted by Crippen LogP contribution is -2.44. The van der Waals surface area contributed by atoms with Crippen molar-refractivity contribution in [3.63, 3.8) is 0 Å². The maximum atomic E-state index is 12.9. The predicted octanol–water partition coefficient (Wildman–Crippen LogP) is 4.27. The molecule has 2 aliphatic rings. The highest BCUT2D eigenvalue weighted by Gasteiger charge is 2.31. The van der Waals surface area contributed by atoms with Gasteiger partial charge in [0, 0.05) is 43.0 Å². The molecule has 0 saturated carbocycles. The molecule has 2 amide bonds. The zero-order chi connectivity index (χ0) is 20.5. The van der Waals surface area contributed by atoms with E-state index in [-0.39, 0.29) is 11.8 Å². The van der Waals surface area contributed by atoms with Crippen molar-refractivity contribution in [1.29, 1.82) is 0 Å². The number of carbonyl (C=O) groups excluding carboxylic acids is 2. The molecule has 0 bridgehead atoms. The number of hydrogen-bond donors (Lipinski definition) is 0. The van der Waals surface area contributed by atoms with E-state index in [9.17, 15) is 9.59 Å². The molecule has 2 aromatic rings. The molecule has 0 N–H and O–H groups in total. The van der Waals surface area contributed by atoms with Crippen molar-refractivity contribution in [2.45, 2.75) is 58.8 Å². The monoisotopic (exact) mass is 396 g/mol. The van der Waals surface area contributed by atoms with Gasteiger partial charge < -0.3 is 14.2 Å². The molecule has 5 nitrogen and oxygen atoms in total. The number of likely N-dealkylation sites (tertiary alicyclic amines) is 2. The minimum absolute atomic E-state index is 0.0866. The molecule has 2 fully saturated rings.